The summed E-state index contributed by atoms with van der Waals surface area (Å²) in [6.45, 7) is 5.42. The maximum absolute atomic E-state index is 11.1. The summed E-state index contributed by atoms with van der Waals surface area (Å²) in [4.78, 5) is 13.6. The first-order chi connectivity index (χ1) is 8.29. The van der Waals surface area contributed by atoms with Gasteiger partial charge in [-0.05, 0) is 26.8 Å². The molecule has 0 spiro atoms. The molecule has 0 aliphatic carbocycles. The number of nitrogen functional groups attached to an aromatic ring is 1. The number of benzene rings is 1. The monoisotopic (exact) mass is 251 g/mol. The molecule has 2 rings (SSSR count). The number of H-pyrrole nitrogens is 1. The van der Waals surface area contributed by atoms with Crippen molar-refractivity contribution in [3.8, 4) is 0 Å². The first kappa shape index (κ1) is 12.5. The van der Waals surface area contributed by atoms with Crippen LogP contribution in [0, 0.1) is 0 Å². The molecule has 0 saturated carbocycles. The van der Waals surface area contributed by atoms with E-state index in [1.54, 1.807) is 19.1 Å². The van der Waals surface area contributed by atoms with Gasteiger partial charge in [-0.1, -0.05) is 0 Å². The summed E-state index contributed by atoms with van der Waals surface area (Å²) in [5, 5.41) is 12.8. The van der Waals surface area contributed by atoms with Crippen LogP contribution in [-0.4, -0.2) is 21.7 Å². The zero-order valence-electron chi connectivity index (χ0n) is 10.6. The SMILES string of the molecule is CC(O)C(C)(C)Nc1cc2[nH]c(=O)oc2cc1N. The molecule has 6 nitrogen and oxygen atoms in total. The lowest BCUT2D eigenvalue weighted by Crippen LogP contribution is -2.42. The topological polar surface area (TPSA) is 104 Å². The lowest BCUT2D eigenvalue weighted by atomic mass is 9.98. The third-order valence-electron chi connectivity index (χ3n) is 3.09. The van der Waals surface area contributed by atoms with Gasteiger partial charge in [0.1, 0.15) is 0 Å². The summed E-state index contributed by atoms with van der Waals surface area (Å²) in [6, 6.07) is 3.27. The number of anilines is 2. The minimum Gasteiger partial charge on any atom is -0.408 e. The van der Waals surface area contributed by atoms with Crippen molar-refractivity contribution in [1.29, 1.82) is 0 Å². The van der Waals surface area contributed by atoms with Gasteiger partial charge in [0.05, 0.1) is 28.5 Å². The minimum atomic E-state index is -0.559. The Hall–Kier alpha value is -1.95. The van der Waals surface area contributed by atoms with E-state index in [4.69, 9.17) is 10.2 Å². The van der Waals surface area contributed by atoms with Crippen molar-refractivity contribution in [2.45, 2.75) is 32.4 Å². The van der Waals surface area contributed by atoms with Gasteiger partial charge in [-0.15, -0.1) is 0 Å². The Morgan fingerprint density at radius 1 is 1.50 bits per heavy atom. The third-order valence-corrected chi connectivity index (χ3v) is 3.09. The first-order valence-electron chi connectivity index (χ1n) is 5.68. The molecule has 1 aromatic heterocycles. The van der Waals surface area contributed by atoms with Crippen molar-refractivity contribution in [2.75, 3.05) is 11.1 Å². The fourth-order valence-electron chi connectivity index (χ4n) is 1.57. The Morgan fingerprint density at radius 2 is 2.17 bits per heavy atom. The molecular weight excluding hydrogens is 234 g/mol. The van der Waals surface area contributed by atoms with Crippen molar-refractivity contribution in [3.63, 3.8) is 0 Å². The molecule has 18 heavy (non-hydrogen) atoms. The lowest BCUT2D eigenvalue weighted by Gasteiger charge is -2.31. The van der Waals surface area contributed by atoms with Crippen LogP contribution < -0.4 is 16.8 Å². The maximum atomic E-state index is 11.1. The number of rotatable bonds is 3. The molecule has 1 heterocycles. The highest BCUT2D eigenvalue weighted by Crippen LogP contribution is 2.28. The number of hydrogen-bond acceptors (Lipinski definition) is 5. The van der Waals surface area contributed by atoms with Crippen molar-refractivity contribution < 1.29 is 9.52 Å². The summed E-state index contributed by atoms with van der Waals surface area (Å²) in [7, 11) is 0. The van der Waals surface area contributed by atoms with E-state index in [2.05, 4.69) is 10.3 Å². The Morgan fingerprint density at radius 3 is 2.78 bits per heavy atom. The number of fused-ring (bicyclic) bond motifs is 1. The van der Waals surface area contributed by atoms with Gasteiger partial charge in [0.15, 0.2) is 5.58 Å². The normalized spacial score (nSPS) is 13.8. The van der Waals surface area contributed by atoms with Gasteiger partial charge in [0, 0.05) is 6.07 Å². The van der Waals surface area contributed by atoms with E-state index in [0.29, 0.717) is 22.5 Å². The minimum absolute atomic E-state index is 0.415. The van der Waals surface area contributed by atoms with Crippen molar-refractivity contribution in [1.82, 2.24) is 4.98 Å². The fraction of sp³-hybridized carbons (Fsp3) is 0.417. The van der Waals surface area contributed by atoms with E-state index in [9.17, 15) is 9.90 Å². The van der Waals surface area contributed by atoms with E-state index in [-0.39, 0.29) is 0 Å². The van der Waals surface area contributed by atoms with Gasteiger partial charge in [-0.2, -0.15) is 0 Å². The molecule has 0 fully saturated rings. The molecule has 5 N–H and O–H groups in total. The molecule has 0 saturated heterocycles. The summed E-state index contributed by atoms with van der Waals surface area (Å²) < 4.78 is 4.91. The number of oxazole rings is 1. The molecule has 98 valence electrons. The van der Waals surface area contributed by atoms with E-state index in [0.717, 1.165) is 0 Å². The van der Waals surface area contributed by atoms with E-state index in [1.807, 2.05) is 13.8 Å². The molecule has 0 radical (unpaired) electrons. The van der Waals surface area contributed by atoms with Gasteiger partial charge < -0.3 is 20.6 Å². The molecule has 2 aromatic rings. The van der Waals surface area contributed by atoms with Crippen molar-refractivity contribution >= 4 is 22.5 Å². The number of hydrogen-bond donors (Lipinski definition) is 4. The highest BCUT2D eigenvalue weighted by Gasteiger charge is 2.24. The van der Waals surface area contributed by atoms with Gasteiger partial charge >= 0.3 is 5.76 Å². The molecule has 0 aliphatic heterocycles. The number of aliphatic hydroxyl groups is 1. The van der Waals surface area contributed by atoms with Crippen LogP contribution in [-0.2, 0) is 0 Å². The van der Waals surface area contributed by atoms with E-state index < -0.39 is 17.4 Å². The summed E-state index contributed by atoms with van der Waals surface area (Å²) >= 11 is 0. The van der Waals surface area contributed by atoms with Gasteiger partial charge in [0.2, 0.25) is 0 Å². The molecule has 0 bridgehead atoms. The Labute approximate surface area is 104 Å². The summed E-state index contributed by atoms with van der Waals surface area (Å²) in [5.41, 5.74) is 7.43. The average molecular weight is 251 g/mol. The largest absolute Gasteiger partial charge is 0.417 e. The van der Waals surface area contributed by atoms with E-state index in [1.165, 1.54) is 0 Å². The second kappa shape index (κ2) is 4.06. The van der Waals surface area contributed by atoms with Crippen LogP contribution in [0.1, 0.15) is 20.8 Å². The van der Waals surface area contributed by atoms with Crippen molar-refractivity contribution in [3.05, 3.63) is 22.7 Å². The fourth-order valence-corrected chi connectivity index (χ4v) is 1.57. The number of aromatic amines is 1. The van der Waals surface area contributed by atoms with Crippen LogP contribution in [0.25, 0.3) is 11.1 Å². The molecule has 6 heteroatoms. The quantitative estimate of drug-likeness (QED) is 0.615. The van der Waals surface area contributed by atoms with E-state index >= 15 is 0 Å². The molecule has 0 amide bonds. The number of nitrogens with one attached hydrogen (secondary N) is 2. The van der Waals surface area contributed by atoms with Crippen molar-refractivity contribution in [2.24, 2.45) is 0 Å². The Bertz CT molecular complexity index is 625. The predicted molar refractivity (Wildman–Crippen MR) is 70.6 cm³/mol. The lowest BCUT2D eigenvalue weighted by molar-refractivity contribution is 0.133. The smallest absolute Gasteiger partial charge is 0.408 e. The Kier molecular flexibility index (Phi) is 2.82. The molecule has 1 aromatic carbocycles. The highest BCUT2D eigenvalue weighted by atomic mass is 16.4. The van der Waals surface area contributed by atoms with Gasteiger partial charge in [-0.3, -0.25) is 4.98 Å². The molecule has 1 atom stereocenters. The number of aromatic nitrogens is 1. The van der Waals surface area contributed by atoms with Crippen LogP contribution in [0.4, 0.5) is 11.4 Å². The molecule has 1 unspecified atom stereocenters. The maximum Gasteiger partial charge on any atom is 0.417 e. The average Bonchev–Trinajstić information content (AvgIpc) is 2.57. The second-order valence-electron chi connectivity index (χ2n) is 4.97. The summed E-state index contributed by atoms with van der Waals surface area (Å²) in [5.74, 6) is -0.517. The zero-order valence-corrected chi connectivity index (χ0v) is 10.6. The zero-order chi connectivity index (χ0) is 13.5. The van der Waals surface area contributed by atoms with Gasteiger partial charge in [0.25, 0.3) is 0 Å². The standard InChI is InChI=1S/C12H17N3O3/c1-6(16)12(2,3)15-8-5-9-10(4-7(8)13)18-11(17)14-9/h4-6,15-16H,13H2,1-3H3,(H,14,17). The highest BCUT2D eigenvalue weighted by molar-refractivity contribution is 5.85. The third kappa shape index (κ3) is 2.19. The molecule has 0 aliphatic rings. The predicted octanol–water partition coefficient (Wildman–Crippen LogP) is 1.27. The van der Waals surface area contributed by atoms with Crippen LogP contribution >= 0.6 is 0 Å². The molecular formula is C12H17N3O3. The summed E-state index contributed by atoms with van der Waals surface area (Å²) in [6.07, 6.45) is -0.559. The first-order valence-corrected chi connectivity index (χ1v) is 5.68. The van der Waals surface area contributed by atoms with Crippen LogP contribution in [0.15, 0.2) is 21.3 Å². The van der Waals surface area contributed by atoms with Crippen LogP contribution in [0.3, 0.4) is 0 Å². The number of aliphatic hydroxyl groups excluding tert-OH is 1. The van der Waals surface area contributed by atoms with Crippen LogP contribution in [0.2, 0.25) is 0 Å². The Balaban J connectivity index is 2.45. The van der Waals surface area contributed by atoms with Crippen LogP contribution in [0.5, 0.6) is 0 Å². The van der Waals surface area contributed by atoms with Gasteiger partial charge in [-0.25, -0.2) is 4.79 Å². The second-order valence-corrected chi connectivity index (χ2v) is 4.97. The number of nitrogens with two attached hydrogens (primary N) is 1.